The lowest BCUT2D eigenvalue weighted by atomic mass is 10.0. The molecule has 106 valence electrons. The molecular weight excluding hydrogens is 279 g/mol. The van der Waals surface area contributed by atoms with E-state index in [1.54, 1.807) is 12.1 Å². The van der Waals surface area contributed by atoms with Gasteiger partial charge in [-0.15, -0.1) is 0 Å². The van der Waals surface area contributed by atoms with Crippen molar-refractivity contribution in [2.45, 2.75) is 6.18 Å². The van der Waals surface area contributed by atoms with Crippen LogP contribution in [-0.4, -0.2) is 10.8 Å². The first kappa shape index (κ1) is 13.4. The minimum atomic E-state index is -4.46. The number of carbonyl (C=O) groups excluding carboxylic acids is 1. The first-order valence-electron chi connectivity index (χ1n) is 6.25. The molecule has 0 spiro atoms. The second-order valence-corrected chi connectivity index (χ2v) is 4.68. The van der Waals surface area contributed by atoms with Gasteiger partial charge in [-0.05, 0) is 24.3 Å². The fraction of sp³-hybridized carbons (Fsp3) is 0.0625. The van der Waals surface area contributed by atoms with Gasteiger partial charge in [0.2, 0.25) is 5.78 Å². The lowest BCUT2D eigenvalue weighted by Gasteiger charge is -2.07. The number of para-hydroxylation sites is 1. The molecule has 0 aliphatic heterocycles. The van der Waals surface area contributed by atoms with E-state index in [1.807, 2.05) is 18.2 Å². The Morgan fingerprint density at radius 2 is 1.71 bits per heavy atom. The highest BCUT2D eigenvalue weighted by molar-refractivity contribution is 6.10. The Labute approximate surface area is 118 Å². The van der Waals surface area contributed by atoms with Crippen molar-refractivity contribution in [1.29, 1.82) is 0 Å². The van der Waals surface area contributed by atoms with Crippen LogP contribution in [0.5, 0.6) is 0 Å². The van der Waals surface area contributed by atoms with Gasteiger partial charge in [0, 0.05) is 16.5 Å². The average molecular weight is 289 g/mol. The number of hydrogen-bond acceptors (Lipinski definition) is 1. The number of ketones is 1. The molecular formula is C16H10F3NO. The van der Waals surface area contributed by atoms with Crippen molar-refractivity contribution in [2.24, 2.45) is 0 Å². The van der Waals surface area contributed by atoms with Gasteiger partial charge in [0.05, 0.1) is 11.3 Å². The molecule has 0 saturated carbocycles. The summed E-state index contributed by atoms with van der Waals surface area (Å²) >= 11 is 0. The first-order chi connectivity index (χ1) is 9.95. The van der Waals surface area contributed by atoms with E-state index in [4.69, 9.17) is 0 Å². The molecule has 0 fully saturated rings. The zero-order valence-corrected chi connectivity index (χ0v) is 10.7. The Hall–Kier alpha value is -2.56. The maximum atomic E-state index is 12.7. The van der Waals surface area contributed by atoms with E-state index in [9.17, 15) is 18.0 Å². The van der Waals surface area contributed by atoms with Crippen LogP contribution in [0.3, 0.4) is 0 Å². The Morgan fingerprint density at radius 3 is 2.43 bits per heavy atom. The van der Waals surface area contributed by atoms with Crippen LogP contribution in [-0.2, 0) is 6.18 Å². The van der Waals surface area contributed by atoms with E-state index >= 15 is 0 Å². The topological polar surface area (TPSA) is 32.9 Å². The fourth-order valence-corrected chi connectivity index (χ4v) is 2.19. The van der Waals surface area contributed by atoms with Crippen molar-refractivity contribution in [1.82, 2.24) is 4.98 Å². The van der Waals surface area contributed by atoms with Gasteiger partial charge >= 0.3 is 6.18 Å². The lowest BCUT2D eigenvalue weighted by molar-refractivity contribution is -0.137. The molecule has 2 aromatic carbocycles. The minimum Gasteiger partial charge on any atom is -0.352 e. The molecule has 1 aromatic heterocycles. The minimum absolute atomic E-state index is 0.0105. The second-order valence-electron chi connectivity index (χ2n) is 4.68. The van der Waals surface area contributed by atoms with Crippen molar-refractivity contribution >= 4 is 16.7 Å². The number of benzene rings is 2. The largest absolute Gasteiger partial charge is 0.416 e. The first-order valence-corrected chi connectivity index (χ1v) is 6.25. The summed E-state index contributed by atoms with van der Waals surface area (Å²) in [5.41, 5.74) is 0.226. The third-order valence-corrected chi connectivity index (χ3v) is 3.23. The predicted molar refractivity (Wildman–Crippen MR) is 73.2 cm³/mol. The van der Waals surface area contributed by atoms with Crippen LogP contribution in [0.2, 0.25) is 0 Å². The summed E-state index contributed by atoms with van der Waals surface area (Å²) in [6, 6.07) is 13.3. The number of alkyl halides is 3. The van der Waals surface area contributed by atoms with Crippen LogP contribution in [0.25, 0.3) is 10.9 Å². The molecule has 0 radical (unpaired) electrons. The standard InChI is InChI=1S/C16H10F3NO/c17-16(18,19)12-6-3-5-11(8-12)15(21)14-9-10-4-1-2-7-13(10)20-14/h1-9,20H. The molecule has 0 atom stereocenters. The number of carbonyl (C=O) groups is 1. The molecule has 0 amide bonds. The highest BCUT2D eigenvalue weighted by Crippen LogP contribution is 2.30. The molecule has 0 unspecified atom stereocenters. The molecule has 1 heterocycles. The van der Waals surface area contributed by atoms with Gasteiger partial charge < -0.3 is 4.98 Å². The molecule has 0 aliphatic rings. The van der Waals surface area contributed by atoms with Gasteiger partial charge in [-0.1, -0.05) is 30.3 Å². The molecule has 3 aromatic rings. The van der Waals surface area contributed by atoms with Crippen LogP contribution in [0.15, 0.2) is 54.6 Å². The summed E-state index contributed by atoms with van der Waals surface area (Å²) in [6.07, 6.45) is -4.46. The van der Waals surface area contributed by atoms with E-state index in [-0.39, 0.29) is 11.3 Å². The monoisotopic (exact) mass is 289 g/mol. The fourth-order valence-electron chi connectivity index (χ4n) is 2.19. The molecule has 1 N–H and O–H groups in total. The Morgan fingerprint density at radius 1 is 0.952 bits per heavy atom. The van der Waals surface area contributed by atoms with Crippen molar-refractivity contribution in [2.75, 3.05) is 0 Å². The molecule has 0 aliphatic carbocycles. The molecule has 0 bridgehead atoms. The average Bonchev–Trinajstić information content (AvgIpc) is 2.89. The van der Waals surface area contributed by atoms with Gasteiger partial charge in [0.1, 0.15) is 0 Å². The number of aromatic amines is 1. The molecule has 0 saturated heterocycles. The summed E-state index contributed by atoms with van der Waals surface area (Å²) in [5.74, 6) is -0.461. The number of aromatic nitrogens is 1. The van der Waals surface area contributed by atoms with Crippen LogP contribution in [0, 0.1) is 0 Å². The normalized spacial score (nSPS) is 11.8. The summed E-state index contributed by atoms with van der Waals surface area (Å²) in [6.45, 7) is 0. The Kier molecular flexibility index (Phi) is 3.05. The van der Waals surface area contributed by atoms with Crippen molar-refractivity contribution in [3.8, 4) is 0 Å². The predicted octanol–water partition coefficient (Wildman–Crippen LogP) is 4.42. The second kappa shape index (κ2) is 4.77. The number of H-pyrrole nitrogens is 1. The van der Waals surface area contributed by atoms with E-state index < -0.39 is 17.5 Å². The summed E-state index contributed by atoms with van der Waals surface area (Å²) in [4.78, 5) is 15.2. The van der Waals surface area contributed by atoms with Crippen LogP contribution >= 0.6 is 0 Å². The summed E-state index contributed by atoms with van der Waals surface area (Å²) in [5, 5.41) is 0.841. The van der Waals surface area contributed by atoms with Crippen molar-refractivity contribution in [3.63, 3.8) is 0 Å². The quantitative estimate of drug-likeness (QED) is 0.696. The summed E-state index contributed by atoms with van der Waals surface area (Å²) in [7, 11) is 0. The lowest BCUT2D eigenvalue weighted by Crippen LogP contribution is -2.08. The number of hydrogen-bond donors (Lipinski definition) is 1. The van der Waals surface area contributed by atoms with Crippen molar-refractivity contribution in [3.05, 3.63) is 71.4 Å². The zero-order valence-electron chi connectivity index (χ0n) is 10.7. The number of halogens is 3. The molecule has 2 nitrogen and oxygen atoms in total. The smallest absolute Gasteiger partial charge is 0.352 e. The number of rotatable bonds is 2. The van der Waals surface area contributed by atoms with Crippen LogP contribution in [0.4, 0.5) is 13.2 Å². The van der Waals surface area contributed by atoms with Gasteiger partial charge in [0.15, 0.2) is 0 Å². The van der Waals surface area contributed by atoms with E-state index in [0.29, 0.717) is 0 Å². The SMILES string of the molecule is O=C(c1cccc(C(F)(F)F)c1)c1cc2ccccc2[nH]1. The van der Waals surface area contributed by atoms with Gasteiger partial charge in [0.25, 0.3) is 0 Å². The van der Waals surface area contributed by atoms with E-state index in [2.05, 4.69) is 4.98 Å². The van der Waals surface area contributed by atoms with Gasteiger partial charge in [-0.25, -0.2) is 0 Å². The van der Waals surface area contributed by atoms with E-state index in [0.717, 1.165) is 23.0 Å². The number of nitrogens with one attached hydrogen (secondary N) is 1. The Balaban J connectivity index is 2.02. The maximum Gasteiger partial charge on any atom is 0.416 e. The molecule has 21 heavy (non-hydrogen) atoms. The molecule has 3 rings (SSSR count). The van der Waals surface area contributed by atoms with Gasteiger partial charge in [-0.2, -0.15) is 13.2 Å². The Bertz CT molecular complexity index is 785. The zero-order chi connectivity index (χ0) is 15.0. The number of fused-ring (bicyclic) bond motifs is 1. The maximum absolute atomic E-state index is 12.7. The van der Waals surface area contributed by atoms with Crippen LogP contribution < -0.4 is 0 Å². The van der Waals surface area contributed by atoms with Crippen molar-refractivity contribution < 1.29 is 18.0 Å². The highest BCUT2D eigenvalue weighted by atomic mass is 19.4. The van der Waals surface area contributed by atoms with E-state index in [1.165, 1.54) is 12.1 Å². The van der Waals surface area contributed by atoms with Gasteiger partial charge in [-0.3, -0.25) is 4.79 Å². The third kappa shape index (κ3) is 2.54. The van der Waals surface area contributed by atoms with Crippen LogP contribution in [0.1, 0.15) is 21.6 Å². The summed E-state index contributed by atoms with van der Waals surface area (Å²) < 4.78 is 38.0. The highest BCUT2D eigenvalue weighted by Gasteiger charge is 2.31. The third-order valence-electron chi connectivity index (χ3n) is 3.23. The molecule has 5 heteroatoms.